The Hall–Kier alpha value is -0.180. The molecule has 7 heavy (non-hydrogen) atoms. The Morgan fingerprint density at radius 2 is 2.29 bits per heavy atom. The molecule has 0 aromatic heterocycles. The van der Waals surface area contributed by atoms with Crippen LogP contribution in [-0.4, -0.2) is 31.2 Å². The summed E-state index contributed by atoms with van der Waals surface area (Å²) in [5.41, 5.74) is 0. The normalized spacial score (nSPS) is 10.1. The van der Waals surface area contributed by atoms with E-state index in [0.29, 0.717) is 5.88 Å². The first-order valence-corrected chi connectivity index (χ1v) is 2.68. The Morgan fingerprint density at radius 3 is 2.43 bits per heavy atom. The highest BCUT2D eigenvalue weighted by atomic mass is 32.1. The highest BCUT2D eigenvalue weighted by Gasteiger charge is 1.70. The van der Waals surface area contributed by atoms with Crippen LogP contribution in [0.15, 0.2) is 4.99 Å². The average Bonchev–Trinajstić information content (AvgIpc) is 1.61. The van der Waals surface area contributed by atoms with Gasteiger partial charge in [-0.15, -0.1) is 0 Å². The molecule has 0 bridgehead atoms. The van der Waals surface area contributed by atoms with E-state index in [2.05, 4.69) is 17.6 Å². The van der Waals surface area contributed by atoms with Crippen molar-refractivity contribution < 1.29 is 0 Å². The van der Waals surface area contributed by atoms with Crippen molar-refractivity contribution in [2.24, 2.45) is 4.99 Å². The molecule has 42 valence electrons. The molecule has 0 rings (SSSR count). The molecular formula is C4H10N2S. The zero-order valence-corrected chi connectivity index (χ0v) is 5.52. The summed E-state index contributed by atoms with van der Waals surface area (Å²) in [7, 11) is 3.85. The minimum atomic E-state index is 0.568. The third kappa shape index (κ3) is 5.82. The molecule has 0 atom stereocenters. The van der Waals surface area contributed by atoms with E-state index in [4.69, 9.17) is 0 Å². The van der Waals surface area contributed by atoms with Gasteiger partial charge in [0, 0.05) is 14.1 Å². The second-order valence-electron chi connectivity index (χ2n) is 1.40. The Kier molecular flexibility index (Phi) is 3.89. The Labute approximate surface area is 49.6 Å². The molecule has 0 aromatic carbocycles. The second kappa shape index (κ2) is 3.99. The molecule has 0 fully saturated rings. The van der Waals surface area contributed by atoms with E-state index < -0.39 is 0 Å². The minimum absolute atomic E-state index is 0.568. The zero-order chi connectivity index (χ0) is 5.70. The molecule has 0 aliphatic carbocycles. The van der Waals surface area contributed by atoms with Crippen LogP contribution in [0.1, 0.15) is 0 Å². The van der Waals surface area contributed by atoms with Crippen molar-refractivity contribution in [3.8, 4) is 0 Å². The summed E-state index contributed by atoms with van der Waals surface area (Å²) in [6.07, 6.45) is 1.73. The van der Waals surface area contributed by atoms with Gasteiger partial charge in [0.2, 0.25) is 0 Å². The summed E-state index contributed by atoms with van der Waals surface area (Å²) in [6.45, 7) is 0. The first kappa shape index (κ1) is 6.82. The molecule has 0 heterocycles. The molecule has 3 heteroatoms. The van der Waals surface area contributed by atoms with Crippen LogP contribution >= 0.6 is 12.6 Å². The van der Waals surface area contributed by atoms with E-state index in [-0.39, 0.29) is 0 Å². The standard InChI is InChI=1S/C4H10N2S/c1-6(2)3-5-4-7/h3,7H,4H2,1-2H3. The lowest BCUT2D eigenvalue weighted by atomic mass is 10.9. The monoisotopic (exact) mass is 118 g/mol. The van der Waals surface area contributed by atoms with Crippen molar-refractivity contribution in [3.05, 3.63) is 0 Å². The summed E-state index contributed by atoms with van der Waals surface area (Å²) >= 11 is 3.87. The van der Waals surface area contributed by atoms with Gasteiger partial charge in [-0.1, -0.05) is 0 Å². The maximum Gasteiger partial charge on any atom is 0.0854 e. The summed E-state index contributed by atoms with van der Waals surface area (Å²) in [5.74, 6) is 0.568. The first-order valence-electron chi connectivity index (χ1n) is 2.04. The van der Waals surface area contributed by atoms with Crippen LogP contribution in [0.3, 0.4) is 0 Å². The van der Waals surface area contributed by atoms with Crippen LogP contribution in [0, 0.1) is 0 Å². The SMILES string of the molecule is CN(C)C=NCS. The lowest BCUT2D eigenvalue weighted by Crippen LogP contribution is -2.07. The Balaban J connectivity index is 3.08. The molecule has 0 N–H and O–H groups in total. The number of rotatable bonds is 2. The largest absolute Gasteiger partial charge is 0.369 e. The van der Waals surface area contributed by atoms with Crippen molar-refractivity contribution in [1.29, 1.82) is 0 Å². The van der Waals surface area contributed by atoms with Crippen LogP contribution < -0.4 is 0 Å². The molecular weight excluding hydrogens is 108 g/mol. The minimum Gasteiger partial charge on any atom is -0.369 e. The fourth-order valence-corrected chi connectivity index (χ4v) is 0.273. The highest BCUT2D eigenvalue weighted by molar-refractivity contribution is 7.80. The van der Waals surface area contributed by atoms with Crippen molar-refractivity contribution in [2.75, 3.05) is 20.0 Å². The number of hydrogen-bond donors (Lipinski definition) is 1. The number of aliphatic imine (C=N–C) groups is 1. The van der Waals surface area contributed by atoms with E-state index >= 15 is 0 Å². The van der Waals surface area contributed by atoms with E-state index in [0.717, 1.165) is 0 Å². The van der Waals surface area contributed by atoms with Crippen molar-refractivity contribution in [2.45, 2.75) is 0 Å². The molecule has 0 aromatic rings. The van der Waals surface area contributed by atoms with Gasteiger partial charge in [-0.05, 0) is 0 Å². The molecule has 0 unspecified atom stereocenters. The zero-order valence-electron chi connectivity index (χ0n) is 4.63. The second-order valence-corrected chi connectivity index (χ2v) is 1.69. The number of nitrogens with zero attached hydrogens (tertiary/aromatic N) is 2. The predicted molar refractivity (Wildman–Crippen MR) is 36.0 cm³/mol. The van der Waals surface area contributed by atoms with Gasteiger partial charge < -0.3 is 4.90 Å². The molecule has 0 aliphatic heterocycles. The lowest BCUT2D eigenvalue weighted by molar-refractivity contribution is 0.641. The Morgan fingerprint density at radius 1 is 1.71 bits per heavy atom. The van der Waals surface area contributed by atoms with E-state index in [9.17, 15) is 0 Å². The van der Waals surface area contributed by atoms with Crippen molar-refractivity contribution >= 4 is 19.0 Å². The quantitative estimate of drug-likeness (QED) is 0.316. The predicted octanol–water partition coefficient (Wildman–Crippen LogP) is 0.464. The topological polar surface area (TPSA) is 15.6 Å². The summed E-state index contributed by atoms with van der Waals surface area (Å²) < 4.78 is 0. The van der Waals surface area contributed by atoms with Gasteiger partial charge in [0.05, 0.1) is 12.2 Å². The third-order valence-corrected chi connectivity index (χ3v) is 0.558. The molecule has 0 amide bonds. The summed E-state index contributed by atoms with van der Waals surface area (Å²) in [5, 5.41) is 0. The van der Waals surface area contributed by atoms with Gasteiger partial charge in [-0.2, -0.15) is 12.6 Å². The molecule has 0 saturated heterocycles. The average molecular weight is 118 g/mol. The Bertz CT molecular complexity index is 60.7. The van der Waals surface area contributed by atoms with Crippen LogP contribution in [0.2, 0.25) is 0 Å². The number of thiol groups is 1. The summed E-state index contributed by atoms with van der Waals surface area (Å²) in [6, 6.07) is 0. The molecule has 0 spiro atoms. The highest BCUT2D eigenvalue weighted by Crippen LogP contribution is 1.72. The smallest absolute Gasteiger partial charge is 0.0854 e. The van der Waals surface area contributed by atoms with Gasteiger partial charge >= 0.3 is 0 Å². The fourth-order valence-electron chi connectivity index (χ4n) is 0.200. The van der Waals surface area contributed by atoms with Crippen LogP contribution in [-0.2, 0) is 0 Å². The fraction of sp³-hybridized carbons (Fsp3) is 0.750. The van der Waals surface area contributed by atoms with Crippen LogP contribution in [0.25, 0.3) is 0 Å². The van der Waals surface area contributed by atoms with Crippen LogP contribution in [0.5, 0.6) is 0 Å². The van der Waals surface area contributed by atoms with Gasteiger partial charge in [0.1, 0.15) is 0 Å². The van der Waals surface area contributed by atoms with Crippen molar-refractivity contribution in [3.63, 3.8) is 0 Å². The third-order valence-electron chi connectivity index (χ3n) is 0.394. The van der Waals surface area contributed by atoms with Gasteiger partial charge in [0.15, 0.2) is 0 Å². The van der Waals surface area contributed by atoms with Gasteiger partial charge in [-0.3, -0.25) is 4.99 Å². The van der Waals surface area contributed by atoms with E-state index in [1.807, 2.05) is 19.0 Å². The van der Waals surface area contributed by atoms with Crippen molar-refractivity contribution in [1.82, 2.24) is 4.90 Å². The maximum absolute atomic E-state index is 3.87. The molecule has 0 aliphatic rings. The maximum atomic E-state index is 3.87. The van der Waals surface area contributed by atoms with Crippen LogP contribution in [0.4, 0.5) is 0 Å². The van der Waals surface area contributed by atoms with Gasteiger partial charge in [0.25, 0.3) is 0 Å². The number of hydrogen-bond acceptors (Lipinski definition) is 2. The summed E-state index contributed by atoms with van der Waals surface area (Å²) in [4.78, 5) is 5.71. The lowest BCUT2D eigenvalue weighted by Gasteiger charge is -1.99. The molecule has 0 radical (unpaired) electrons. The molecule has 0 saturated carbocycles. The first-order chi connectivity index (χ1) is 3.27. The van der Waals surface area contributed by atoms with E-state index in [1.54, 1.807) is 6.34 Å². The van der Waals surface area contributed by atoms with Gasteiger partial charge in [-0.25, -0.2) is 0 Å². The van der Waals surface area contributed by atoms with E-state index in [1.165, 1.54) is 0 Å². The molecule has 2 nitrogen and oxygen atoms in total.